The van der Waals surface area contributed by atoms with Crippen LogP contribution in [0.25, 0.3) is 16.6 Å². The summed E-state index contributed by atoms with van der Waals surface area (Å²) >= 11 is 3.41. The molecule has 6 nitrogen and oxygen atoms in total. The highest BCUT2D eigenvalue weighted by atomic mass is 79.9. The monoisotopic (exact) mass is 349 g/mol. The third kappa shape index (κ3) is 2.51. The largest absolute Gasteiger partial charge is 0.481 e. The summed E-state index contributed by atoms with van der Waals surface area (Å²) in [5.74, 6) is 0.428. The van der Waals surface area contributed by atoms with Crippen LogP contribution in [0, 0.1) is 0 Å². The summed E-state index contributed by atoms with van der Waals surface area (Å²) in [6, 6.07) is 9.24. The Morgan fingerprint density at radius 2 is 2.10 bits per heavy atom. The summed E-state index contributed by atoms with van der Waals surface area (Å²) in [7, 11) is 1.52. The molecule has 0 unspecified atom stereocenters. The van der Waals surface area contributed by atoms with Gasteiger partial charge in [-0.1, -0.05) is 22.0 Å². The lowest BCUT2D eigenvalue weighted by Crippen LogP contribution is -2.00. The molecule has 2 N–H and O–H groups in total. The number of methoxy groups -OCH3 is 1. The van der Waals surface area contributed by atoms with Gasteiger partial charge in [0.2, 0.25) is 5.88 Å². The highest BCUT2D eigenvalue weighted by Gasteiger charge is 2.18. The first-order valence-corrected chi connectivity index (χ1v) is 6.94. The number of pyridine rings is 1. The zero-order valence-electron chi connectivity index (χ0n) is 11.1. The van der Waals surface area contributed by atoms with Gasteiger partial charge in [0.25, 0.3) is 0 Å². The fourth-order valence-corrected chi connectivity index (χ4v) is 2.51. The zero-order chi connectivity index (χ0) is 15.0. The Morgan fingerprint density at radius 3 is 2.76 bits per heavy atom. The van der Waals surface area contributed by atoms with Crippen LogP contribution in [-0.2, 0) is 0 Å². The van der Waals surface area contributed by atoms with Gasteiger partial charge in [-0.25, -0.2) is 9.67 Å². The molecule has 0 spiro atoms. The van der Waals surface area contributed by atoms with Crippen LogP contribution in [0.1, 0.15) is 12.0 Å². The molecule has 0 atom stereocenters. The van der Waals surface area contributed by atoms with Crippen molar-refractivity contribution in [3.05, 3.63) is 46.7 Å². The molecule has 108 valence electrons. The predicted molar refractivity (Wildman–Crippen MR) is 80.3 cm³/mol. The molecule has 0 amide bonds. The van der Waals surface area contributed by atoms with Gasteiger partial charge in [0.05, 0.1) is 18.3 Å². The van der Waals surface area contributed by atoms with Crippen LogP contribution < -0.4 is 4.74 Å². The normalized spacial score (nSPS) is 11.3. The second-order valence-corrected chi connectivity index (χ2v) is 5.31. The molecule has 2 aromatic heterocycles. The highest BCUT2D eigenvalue weighted by molar-refractivity contribution is 9.10. The number of aromatic nitrogens is 3. The number of benzene rings is 1. The zero-order valence-corrected chi connectivity index (χ0v) is 12.6. The summed E-state index contributed by atoms with van der Waals surface area (Å²) in [6.45, 7) is 0. The molecule has 0 saturated heterocycles. The first-order valence-electron chi connectivity index (χ1n) is 6.15. The number of nitrogens with zero attached hydrogens (tertiary/aromatic N) is 3. The minimum atomic E-state index is -1.67. The van der Waals surface area contributed by atoms with E-state index in [1.807, 2.05) is 24.3 Å². The molecule has 0 bridgehead atoms. The summed E-state index contributed by atoms with van der Waals surface area (Å²) in [5, 5.41) is 23.8. The van der Waals surface area contributed by atoms with Crippen molar-refractivity contribution in [1.82, 2.24) is 14.8 Å². The first-order chi connectivity index (χ1) is 10.1. The number of aliphatic hydroxyl groups excluding tert-OH is 1. The van der Waals surface area contributed by atoms with Crippen LogP contribution in [0.15, 0.2) is 41.0 Å². The quantitative estimate of drug-likeness (QED) is 0.708. The maximum Gasteiger partial charge on any atom is 0.215 e. The minimum absolute atomic E-state index is 0.153. The number of hydrogen-bond acceptors (Lipinski definition) is 5. The fourth-order valence-electron chi connectivity index (χ4n) is 2.12. The molecular weight excluding hydrogens is 338 g/mol. The van der Waals surface area contributed by atoms with E-state index in [1.54, 1.807) is 10.7 Å². The highest BCUT2D eigenvalue weighted by Crippen LogP contribution is 2.28. The maximum atomic E-state index is 9.47. The van der Waals surface area contributed by atoms with Crippen LogP contribution in [0.2, 0.25) is 0 Å². The van der Waals surface area contributed by atoms with E-state index in [-0.39, 0.29) is 5.69 Å². The van der Waals surface area contributed by atoms with Crippen LogP contribution >= 0.6 is 15.9 Å². The Balaban J connectivity index is 2.30. The van der Waals surface area contributed by atoms with Gasteiger partial charge in [0.15, 0.2) is 6.29 Å². The minimum Gasteiger partial charge on any atom is -0.481 e. The number of fused-ring (bicyclic) bond motifs is 1. The Morgan fingerprint density at radius 1 is 1.29 bits per heavy atom. The van der Waals surface area contributed by atoms with Gasteiger partial charge in [0.1, 0.15) is 5.69 Å². The van der Waals surface area contributed by atoms with Gasteiger partial charge in [-0.15, -0.1) is 0 Å². The van der Waals surface area contributed by atoms with E-state index in [1.165, 1.54) is 13.3 Å². The van der Waals surface area contributed by atoms with Crippen molar-refractivity contribution in [3.63, 3.8) is 0 Å². The second-order valence-electron chi connectivity index (χ2n) is 4.39. The number of aliphatic hydroxyl groups is 2. The molecule has 0 saturated carbocycles. The molecule has 0 aliphatic heterocycles. The SMILES string of the molecule is COc1cc2c(cn1)c(C(O)O)nn2-c1cccc(Br)c1. The van der Waals surface area contributed by atoms with Gasteiger partial charge in [-0.05, 0) is 18.2 Å². The molecule has 0 fully saturated rings. The second kappa shape index (κ2) is 5.44. The summed E-state index contributed by atoms with van der Waals surface area (Å²) < 4.78 is 7.64. The van der Waals surface area contributed by atoms with Gasteiger partial charge in [-0.3, -0.25) is 0 Å². The lowest BCUT2D eigenvalue weighted by atomic mass is 10.2. The summed E-state index contributed by atoms with van der Waals surface area (Å²) in [5.41, 5.74) is 1.62. The number of hydrogen-bond donors (Lipinski definition) is 2. The van der Waals surface area contributed by atoms with Crippen molar-refractivity contribution in [2.45, 2.75) is 6.29 Å². The molecule has 1 aromatic carbocycles. The van der Waals surface area contributed by atoms with Gasteiger partial charge < -0.3 is 14.9 Å². The Labute approximate surface area is 128 Å². The van der Waals surface area contributed by atoms with Gasteiger partial charge in [0, 0.05) is 22.1 Å². The van der Waals surface area contributed by atoms with E-state index in [0.717, 1.165) is 10.2 Å². The smallest absolute Gasteiger partial charge is 0.215 e. The molecule has 2 heterocycles. The molecule has 21 heavy (non-hydrogen) atoms. The van der Waals surface area contributed by atoms with Gasteiger partial charge >= 0.3 is 0 Å². The molecule has 3 rings (SSSR count). The number of rotatable bonds is 3. The van der Waals surface area contributed by atoms with Crippen LogP contribution in [0.3, 0.4) is 0 Å². The Hall–Kier alpha value is -1.96. The molecule has 3 aromatic rings. The Bertz CT molecular complexity index is 801. The molecule has 0 radical (unpaired) electrons. The lowest BCUT2D eigenvalue weighted by Gasteiger charge is -2.04. The molecule has 0 aliphatic carbocycles. The number of ether oxygens (including phenoxy) is 1. The van der Waals surface area contributed by atoms with E-state index in [9.17, 15) is 10.2 Å². The summed E-state index contributed by atoms with van der Waals surface area (Å²) in [6.07, 6.45) is -0.152. The average molecular weight is 350 g/mol. The Kier molecular flexibility index (Phi) is 3.62. The molecular formula is C14H12BrN3O3. The van der Waals surface area contributed by atoms with E-state index in [2.05, 4.69) is 26.0 Å². The topological polar surface area (TPSA) is 80.4 Å². The molecule has 0 aliphatic rings. The van der Waals surface area contributed by atoms with Crippen molar-refractivity contribution in [2.24, 2.45) is 0 Å². The van der Waals surface area contributed by atoms with E-state index in [4.69, 9.17) is 4.74 Å². The van der Waals surface area contributed by atoms with E-state index >= 15 is 0 Å². The third-order valence-corrected chi connectivity index (χ3v) is 3.57. The third-order valence-electron chi connectivity index (χ3n) is 3.08. The van der Waals surface area contributed by atoms with Crippen molar-refractivity contribution in [1.29, 1.82) is 0 Å². The standard InChI is InChI=1S/C14H12BrN3O3/c1-21-12-6-11-10(7-16-12)13(14(19)20)17-18(11)9-4-2-3-8(15)5-9/h2-7,14,19-20H,1H3. The van der Waals surface area contributed by atoms with Crippen LogP contribution in [0.4, 0.5) is 0 Å². The summed E-state index contributed by atoms with van der Waals surface area (Å²) in [4.78, 5) is 4.09. The van der Waals surface area contributed by atoms with Crippen LogP contribution in [-0.4, -0.2) is 32.1 Å². The van der Waals surface area contributed by atoms with Gasteiger partial charge in [-0.2, -0.15) is 5.10 Å². The predicted octanol–water partition coefficient (Wildman–Crippen LogP) is 2.17. The number of halogens is 1. The maximum absolute atomic E-state index is 9.47. The van der Waals surface area contributed by atoms with E-state index < -0.39 is 6.29 Å². The molecule has 7 heteroatoms. The first kappa shape index (κ1) is 14.0. The van der Waals surface area contributed by atoms with E-state index in [0.29, 0.717) is 16.8 Å². The van der Waals surface area contributed by atoms with Crippen molar-refractivity contribution >= 4 is 26.8 Å². The van der Waals surface area contributed by atoms with Crippen LogP contribution in [0.5, 0.6) is 5.88 Å². The van der Waals surface area contributed by atoms with Crippen molar-refractivity contribution in [2.75, 3.05) is 7.11 Å². The van der Waals surface area contributed by atoms with Crippen molar-refractivity contribution in [3.8, 4) is 11.6 Å². The fraction of sp³-hybridized carbons (Fsp3) is 0.143. The lowest BCUT2D eigenvalue weighted by molar-refractivity contribution is -0.0449. The van der Waals surface area contributed by atoms with Crippen molar-refractivity contribution < 1.29 is 14.9 Å². The average Bonchev–Trinajstić information content (AvgIpc) is 2.86.